The number of hydrogen-bond donors (Lipinski definition) is 0. The van der Waals surface area contributed by atoms with Gasteiger partial charge in [-0.1, -0.05) is 60.7 Å². The summed E-state index contributed by atoms with van der Waals surface area (Å²) in [6.45, 7) is 8.16. The highest BCUT2D eigenvalue weighted by atomic mass is 15.4. The summed E-state index contributed by atoms with van der Waals surface area (Å²) in [7, 11) is 0. The topological polar surface area (TPSA) is 47.5 Å². The largest absolute Gasteiger partial charge is 0.254 e. The lowest BCUT2D eigenvalue weighted by Crippen LogP contribution is -2.12. The Morgan fingerprint density at radius 3 is 1.61 bits per heavy atom. The van der Waals surface area contributed by atoms with Crippen molar-refractivity contribution in [1.29, 1.82) is 0 Å². The van der Waals surface area contributed by atoms with E-state index in [9.17, 15) is 0 Å². The normalized spacial score (nSPS) is 12.2. The van der Waals surface area contributed by atoms with Gasteiger partial charge >= 0.3 is 0 Å². The van der Waals surface area contributed by atoms with E-state index in [1.807, 2.05) is 71.9 Å². The summed E-state index contributed by atoms with van der Waals surface area (Å²) in [6.07, 6.45) is 1.81. The van der Waals surface area contributed by atoms with Crippen molar-refractivity contribution >= 4 is 11.4 Å². The van der Waals surface area contributed by atoms with Crippen LogP contribution in [0.15, 0.2) is 113 Å². The number of benzene rings is 2. The van der Waals surface area contributed by atoms with Crippen LogP contribution in [0.2, 0.25) is 0 Å². The van der Waals surface area contributed by atoms with E-state index in [1.165, 1.54) is 0 Å². The van der Waals surface area contributed by atoms with Gasteiger partial charge in [0.2, 0.25) is 0 Å². The second-order valence-corrected chi connectivity index (χ2v) is 8.85. The molecule has 5 aromatic rings. The summed E-state index contributed by atoms with van der Waals surface area (Å²) >= 11 is 0. The summed E-state index contributed by atoms with van der Waals surface area (Å²) in [5, 5.41) is 10.0. The summed E-state index contributed by atoms with van der Waals surface area (Å²) < 4.78 is 3.98. The molecule has 0 radical (unpaired) electrons. The van der Waals surface area contributed by atoms with Gasteiger partial charge in [-0.05, 0) is 64.1 Å². The number of aromatic nitrogens is 3. The number of hydrogen-bond acceptors (Lipinski definition) is 3. The van der Waals surface area contributed by atoms with Crippen LogP contribution in [0.4, 0.5) is 0 Å². The summed E-state index contributed by atoms with van der Waals surface area (Å²) in [4.78, 5) is 4.71. The van der Waals surface area contributed by atoms with Crippen molar-refractivity contribution in [1.82, 2.24) is 14.3 Å². The standard InChI is InChI=1S/C31H29N5/c1-22-17-19-29(26-12-7-5-8-13-26)35(22)33-24(3)28-16-11-21-32-31(28)25(4)34-36-23(2)18-20-30(36)27-14-9-6-10-15-27/h5-21H,1-4H3. The van der Waals surface area contributed by atoms with Gasteiger partial charge in [-0.3, -0.25) is 4.98 Å². The lowest BCUT2D eigenvalue weighted by atomic mass is 10.1. The van der Waals surface area contributed by atoms with E-state index >= 15 is 0 Å². The molecular formula is C31H29N5. The van der Waals surface area contributed by atoms with Gasteiger partial charge in [-0.25, -0.2) is 9.35 Å². The van der Waals surface area contributed by atoms with Crippen molar-refractivity contribution in [3.05, 3.63) is 126 Å². The van der Waals surface area contributed by atoms with Crippen molar-refractivity contribution in [3.8, 4) is 22.5 Å². The van der Waals surface area contributed by atoms with Gasteiger partial charge in [0.05, 0.1) is 28.5 Å². The quantitative estimate of drug-likeness (QED) is 0.242. The van der Waals surface area contributed by atoms with Gasteiger partial charge in [0, 0.05) is 34.3 Å². The molecule has 178 valence electrons. The molecular weight excluding hydrogens is 442 g/mol. The first-order valence-electron chi connectivity index (χ1n) is 12.1. The Hall–Kier alpha value is -4.51. The van der Waals surface area contributed by atoms with Crippen molar-refractivity contribution in [2.24, 2.45) is 10.2 Å². The van der Waals surface area contributed by atoms with E-state index in [-0.39, 0.29) is 0 Å². The first kappa shape index (κ1) is 23.2. The van der Waals surface area contributed by atoms with Crippen molar-refractivity contribution in [2.45, 2.75) is 27.7 Å². The highest BCUT2D eigenvalue weighted by Crippen LogP contribution is 2.24. The van der Waals surface area contributed by atoms with Crippen LogP contribution in [-0.4, -0.2) is 25.8 Å². The summed E-state index contributed by atoms with van der Waals surface area (Å²) in [6, 6.07) is 33.0. The predicted molar refractivity (Wildman–Crippen MR) is 149 cm³/mol. The van der Waals surface area contributed by atoms with Crippen LogP contribution >= 0.6 is 0 Å². The van der Waals surface area contributed by atoms with Crippen molar-refractivity contribution in [2.75, 3.05) is 0 Å². The van der Waals surface area contributed by atoms with Gasteiger partial charge in [0.15, 0.2) is 0 Å². The first-order valence-corrected chi connectivity index (χ1v) is 12.1. The SMILES string of the molecule is CC(=Nn1c(C)ccc1-c1ccccc1)c1cccnc1C(C)=Nn1c(C)ccc1-c1ccccc1. The second-order valence-electron chi connectivity index (χ2n) is 8.85. The fourth-order valence-electron chi connectivity index (χ4n) is 4.37. The molecule has 5 rings (SSSR count). The van der Waals surface area contributed by atoms with Gasteiger partial charge in [-0.2, -0.15) is 10.2 Å². The smallest absolute Gasteiger partial charge is 0.0950 e. The van der Waals surface area contributed by atoms with E-state index in [1.54, 1.807) is 0 Å². The third-order valence-electron chi connectivity index (χ3n) is 6.27. The minimum atomic E-state index is 0.817. The van der Waals surface area contributed by atoms with Gasteiger partial charge in [0.1, 0.15) is 0 Å². The van der Waals surface area contributed by atoms with E-state index in [0.29, 0.717) is 0 Å². The van der Waals surface area contributed by atoms with E-state index in [4.69, 9.17) is 15.2 Å². The summed E-state index contributed by atoms with van der Waals surface area (Å²) in [5.41, 5.74) is 9.95. The van der Waals surface area contributed by atoms with Crippen LogP contribution in [0.5, 0.6) is 0 Å². The second kappa shape index (κ2) is 10.0. The molecule has 0 aliphatic heterocycles. The van der Waals surface area contributed by atoms with Crippen LogP contribution in [0.1, 0.15) is 36.5 Å². The zero-order valence-corrected chi connectivity index (χ0v) is 21.1. The average molecular weight is 472 g/mol. The van der Waals surface area contributed by atoms with Crippen LogP contribution in [0, 0.1) is 13.8 Å². The summed E-state index contributed by atoms with van der Waals surface area (Å²) in [5.74, 6) is 0. The monoisotopic (exact) mass is 471 g/mol. The molecule has 0 spiro atoms. The van der Waals surface area contributed by atoms with Crippen molar-refractivity contribution < 1.29 is 0 Å². The Morgan fingerprint density at radius 1 is 0.583 bits per heavy atom. The Morgan fingerprint density at radius 2 is 1.08 bits per heavy atom. The van der Waals surface area contributed by atoms with Crippen LogP contribution in [0.25, 0.3) is 22.5 Å². The van der Waals surface area contributed by atoms with Crippen LogP contribution in [0.3, 0.4) is 0 Å². The zero-order chi connectivity index (χ0) is 25.1. The molecule has 0 saturated carbocycles. The maximum Gasteiger partial charge on any atom is 0.0950 e. The van der Waals surface area contributed by atoms with Gasteiger partial charge < -0.3 is 0 Å². The highest BCUT2D eigenvalue weighted by molar-refractivity contribution is 6.10. The third kappa shape index (κ3) is 4.56. The van der Waals surface area contributed by atoms with E-state index in [2.05, 4.69) is 68.4 Å². The molecule has 3 heterocycles. The fourth-order valence-corrected chi connectivity index (χ4v) is 4.37. The minimum absolute atomic E-state index is 0.817. The molecule has 0 unspecified atom stereocenters. The molecule has 3 aromatic heterocycles. The molecule has 2 aromatic carbocycles. The molecule has 0 N–H and O–H groups in total. The molecule has 0 atom stereocenters. The fraction of sp³-hybridized carbons (Fsp3) is 0.129. The number of aryl methyl sites for hydroxylation is 2. The Labute approximate surface area is 212 Å². The predicted octanol–water partition coefficient (Wildman–Crippen LogP) is 7.18. The van der Waals surface area contributed by atoms with E-state index in [0.717, 1.165) is 56.6 Å². The van der Waals surface area contributed by atoms with Crippen LogP contribution < -0.4 is 0 Å². The average Bonchev–Trinajstić information content (AvgIpc) is 3.46. The van der Waals surface area contributed by atoms with Gasteiger partial charge in [-0.15, -0.1) is 0 Å². The Balaban J connectivity index is 1.56. The van der Waals surface area contributed by atoms with Crippen molar-refractivity contribution in [3.63, 3.8) is 0 Å². The van der Waals surface area contributed by atoms with Gasteiger partial charge in [0.25, 0.3) is 0 Å². The molecule has 0 aliphatic carbocycles. The Bertz CT molecular complexity index is 1430. The molecule has 0 bridgehead atoms. The molecule has 0 amide bonds. The third-order valence-corrected chi connectivity index (χ3v) is 6.27. The maximum atomic E-state index is 5.02. The number of nitrogens with zero attached hydrogens (tertiary/aromatic N) is 5. The molecule has 5 heteroatoms. The van der Waals surface area contributed by atoms with Crippen LogP contribution in [-0.2, 0) is 0 Å². The molecule has 5 nitrogen and oxygen atoms in total. The minimum Gasteiger partial charge on any atom is -0.254 e. The first-order chi connectivity index (χ1) is 17.5. The molecule has 0 aliphatic rings. The number of pyridine rings is 1. The molecule has 0 saturated heterocycles. The van der Waals surface area contributed by atoms with E-state index < -0.39 is 0 Å². The maximum absolute atomic E-state index is 5.02. The molecule has 0 fully saturated rings. The number of rotatable bonds is 6. The zero-order valence-electron chi connectivity index (χ0n) is 21.1. The lowest BCUT2D eigenvalue weighted by molar-refractivity contribution is 0.851. The Kier molecular flexibility index (Phi) is 6.46. The lowest BCUT2D eigenvalue weighted by Gasteiger charge is -2.12. The highest BCUT2D eigenvalue weighted by Gasteiger charge is 2.14. The molecule has 36 heavy (non-hydrogen) atoms.